The van der Waals surface area contributed by atoms with Gasteiger partial charge in [0.15, 0.2) is 11.5 Å². The molecule has 0 atom stereocenters. The molecule has 1 amide bonds. The van der Waals surface area contributed by atoms with E-state index in [1.807, 2.05) is 0 Å². The van der Waals surface area contributed by atoms with E-state index in [1.54, 1.807) is 11.8 Å². The fourth-order valence-electron chi connectivity index (χ4n) is 3.54. The molecule has 0 saturated carbocycles. The average molecular weight is 377 g/mol. The first-order valence-corrected chi connectivity index (χ1v) is 8.85. The quantitative estimate of drug-likeness (QED) is 0.734. The van der Waals surface area contributed by atoms with Gasteiger partial charge in [-0.2, -0.15) is 0 Å². The summed E-state index contributed by atoms with van der Waals surface area (Å²) in [6, 6.07) is 0. The third-order valence-corrected chi connectivity index (χ3v) is 4.80. The lowest BCUT2D eigenvalue weighted by Gasteiger charge is -2.19. The van der Waals surface area contributed by atoms with Crippen molar-refractivity contribution in [3.8, 4) is 11.5 Å². The molecule has 2 aliphatic rings. The molecule has 0 fully saturated rings. The first kappa shape index (κ1) is 19.0. The van der Waals surface area contributed by atoms with E-state index in [9.17, 15) is 14.4 Å². The Bertz CT molecular complexity index is 730. The van der Waals surface area contributed by atoms with Crippen LogP contribution in [0.5, 0.6) is 11.5 Å². The second-order valence-electron chi connectivity index (χ2n) is 6.55. The van der Waals surface area contributed by atoms with E-state index < -0.39 is 0 Å². The van der Waals surface area contributed by atoms with Gasteiger partial charge in [0.25, 0.3) is 0 Å². The highest BCUT2D eigenvalue weighted by molar-refractivity contribution is 5.74. The molecule has 0 saturated heterocycles. The lowest BCUT2D eigenvalue weighted by Crippen LogP contribution is -2.31. The fourth-order valence-corrected chi connectivity index (χ4v) is 3.54. The van der Waals surface area contributed by atoms with E-state index >= 15 is 0 Å². The van der Waals surface area contributed by atoms with Gasteiger partial charge >= 0.3 is 11.9 Å². The predicted octanol–water partition coefficient (Wildman–Crippen LogP) is 1.49. The molecule has 1 aromatic carbocycles. The number of nitrogens with zero attached hydrogens (tertiary/aromatic N) is 1. The zero-order valence-corrected chi connectivity index (χ0v) is 15.8. The first-order valence-electron chi connectivity index (χ1n) is 8.85. The van der Waals surface area contributed by atoms with Crippen molar-refractivity contribution in [2.75, 3.05) is 19.9 Å². The predicted molar refractivity (Wildman–Crippen MR) is 93.2 cm³/mol. The van der Waals surface area contributed by atoms with Gasteiger partial charge in [0.1, 0.15) is 13.2 Å². The molecule has 146 valence electrons. The molecule has 0 radical (unpaired) electrons. The molecule has 0 spiro atoms. The molecule has 0 bridgehead atoms. The highest BCUT2D eigenvalue weighted by atomic mass is 16.7. The summed E-state index contributed by atoms with van der Waals surface area (Å²) in [6.45, 7) is 5.55. The molecule has 3 rings (SSSR count). The minimum absolute atomic E-state index is 0.00548. The second-order valence-corrected chi connectivity index (χ2v) is 6.55. The van der Waals surface area contributed by atoms with Crippen LogP contribution < -0.4 is 9.47 Å². The molecular formula is C19H23NO7. The van der Waals surface area contributed by atoms with Gasteiger partial charge < -0.3 is 23.8 Å². The third-order valence-electron chi connectivity index (χ3n) is 4.80. The van der Waals surface area contributed by atoms with Crippen molar-refractivity contribution in [1.82, 2.24) is 4.90 Å². The van der Waals surface area contributed by atoms with Crippen molar-refractivity contribution in [2.24, 2.45) is 0 Å². The summed E-state index contributed by atoms with van der Waals surface area (Å²) < 4.78 is 21.8. The third kappa shape index (κ3) is 3.99. The Morgan fingerprint density at radius 2 is 1.30 bits per heavy atom. The van der Waals surface area contributed by atoms with E-state index in [0.29, 0.717) is 37.4 Å². The van der Waals surface area contributed by atoms with Gasteiger partial charge in [-0.1, -0.05) is 0 Å². The largest absolute Gasteiger partial charge is 0.461 e. The molecule has 0 aromatic heterocycles. The molecule has 8 nitrogen and oxygen atoms in total. The van der Waals surface area contributed by atoms with E-state index in [1.165, 1.54) is 13.8 Å². The van der Waals surface area contributed by atoms with Gasteiger partial charge in [-0.15, -0.1) is 0 Å². The number of ether oxygens (including phenoxy) is 4. The minimum atomic E-state index is -0.389. The molecule has 0 unspecified atom stereocenters. The van der Waals surface area contributed by atoms with Gasteiger partial charge in [-0.3, -0.25) is 14.4 Å². The van der Waals surface area contributed by atoms with Crippen LogP contribution in [0.15, 0.2) is 0 Å². The summed E-state index contributed by atoms with van der Waals surface area (Å²) in [7, 11) is 0. The summed E-state index contributed by atoms with van der Waals surface area (Å²) in [6.07, 6.45) is 1.18. The summed E-state index contributed by atoms with van der Waals surface area (Å²) in [5, 5.41) is 0. The zero-order valence-electron chi connectivity index (χ0n) is 15.8. The van der Waals surface area contributed by atoms with Crippen LogP contribution in [0.4, 0.5) is 0 Å². The van der Waals surface area contributed by atoms with Gasteiger partial charge in [0.2, 0.25) is 12.7 Å². The number of hydrogen-bond acceptors (Lipinski definition) is 7. The van der Waals surface area contributed by atoms with Gasteiger partial charge in [-0.25, -0.2) is 0 Å². The SMILES string of the molecule is CC(=O)OCc1c2c(c(COC(C)=O)c3c1OCO3)CCN(C(C)=O)CC2. The number of hydrogen-bond donors (Lipinski definition) is 0. The zero-order chi connectivity index (χ0) is 19.6. The first-order chi connectivity index (χ1) is 12.9. The van der Waals surface area contributed by atoms with E-state index in [-0.39, 0.29) is 37.9 Å². The van der Waals surface area contributed by atoms with Crippen LogP contribution in [0.3, 0.4) is 0 Å². The lowest BCUT2D eigenvalue weighted by molar-refractivity contribution is -0.143. The Morgan fingerprint density at radius 1 is 0.852 bits per heavy atom. The van der Waals surface area contributed by atoms with Crippen molar-refractivity contribution in [3.05, 3.63) is 22.3 Å². The van der Waals surface area contributed by atoms with E-state index in [0.717, 1.165) is 22.3 Å². The maximum atomic E-state index is 11.8. The fraction of sp³-hybridized carbons (Fsp3) is 0.526. The highest BCUT2D eigenvalue weighted by Gasteiger charge is 2.32. The number of rotatable bonds is 4. The molecule has 1 aromatic rings. The Balaban J connectivity index is 2.08. The van der Waals surface area contributed by atoms with Crippen LogP contribution in [0.1, 0.15) is 43.0 Å². The summed E-state index contributed by atoms with van der Waals surface area (Å²) >= 11 is 0. The highest BCUT2D eigenvalue weighted by Crippen LogP contribution is 2.45. The normalized spacial score (nSPS) is 15.0. The Morgan fingerprint density at radius 3 is 1.67 bits per heavy atom. The van der Waals surface area contributed by atoms with Crippen LogP contribution in [0.2, 0.25) is 0 Å². The number of amides is 1. The maximum Gasteiger partial charge on any atom is 0.302 e. The molecule has 0 N–H and O–H groups in total. The number of esters is 2. The van der Waals surface area contributed by atoms with Crippen LogP contribution in [-0.4, -0.2) is 42.6 Å². The van der Waals surface area contributed by atoms with Crippen molar-refractivity contribution < 1.29 is 33.3 Å². The smallest absolute Gasteiger partial charge is 0.302 e. The summed E-state index contributed by atoms with van der Waals surface area (Å²) in [5.41, 5.74) is 3.44. The van der Waals surface area contributed by atoms with Crippen molar-refractivity contribution in [3.63, 3.8) is 0 Å². The standard InChI is InChI=1S/C19H23NO7/c1-11(21)20-6-4-14-15(5-7-20)17(9-25-13(3)23)19-18(26-10-27-19)16(14)8-24-12(2)22/h4-10H2,1-3H3. The van der Waals surface area contributed by atoms with Crippen LogP contribution in [-0.2, 0) is 49.9 Å². The van der Waals surface area contributed by atoms with Crippen molar-refractivity contribution >= 4 is 17.8 Å². The molecular weight excluding hydrogens is 354 g/mol. The van der Waals surface area contributed by atoms with Crippen LogP contribution in [0, 0.1) is 0 Å². The molecule has 2 aliphatic heterocycles. The van der Waals surface area contributed by atoms with E-state index in [4.69, 9.17) is 18.9 Å². The maximum absolute atomic E-state index is 11.8. The molecule has 2 heterocycles. The van der Waals surface area contributed by atoms with Crippen molar-refractivity contribution in [2.45, 2.75) is 46.8 Å². The summed E-state index contributed by atoms with van der Waals surface area (Å²) in [4.78, 5) is 36.3. The Labute approximate surface area is 157 Å². The van der Waals surface area contributed by atoms with Gasteiger partial charge in [0.05, 0.1) is 0 Å². The Hall–Kier alpha value is -2.77. The number of fused-ring (bicyclic) bond motifs is 2. The lowest BCUT2D eigenvalue weighted by atomic mass is 9.91. The number of carbonyl (C=O) groups is 3. The molecule has 8 heteroatoms. The number of carbonyl (C=O) groups excluding carboxylic acids is 3. The van der Waals surface area contributed by atoms with Gasteiger partial charge in [0, 0.05) is 45.0 Å². The average Bonchev–Trinajstić information content (AvgIpc) is 2.96. The minimum Gasteiger partial charge on any atom is -0.461 e. The van der Waals surface area contributed by atoms with E-state index in [2.05, 4.69) is 0 Å². The second kappa shape index (κ2) is 7.85. The topological polar surface area (TPSA) is 91.4 Å². The van der Waals surface area contributed by atoms with Gasteiger partial charge in [-0.05, 0) is 24.0 Å². The summed E-state index contributed by atoms with van der Waals surface area (Å²) in [5.74, 6) is 0.270. The molecule has 27 heavy (non-hydrogen) atoms. The van der Waals surface area contributed by atoms with Crippen LogP contribution in [0.25, 0.3) is 0 Å². The Kier molecular flexibility index (Phi) is 5.53. The molecule has 0 aliphatic carbocycles. The van der Waals surface area contributed by atoms with Crippen LogP contribution >= 0.6 is 0 Å². The monoisotopic (exact) mass is 377 g/mol. The van der Waals surface area contributed by atoms with Crippen molar-refractivity contribution in [1.29, 1.82) is 0 Å². The number of benzene rings is 1.